The van der Waals surface area contributed by atoms with Crippen LogP contribution < -0.4 is 10.2 Å². The highest BCUT2D eigenvalue weighted by atomic mass is 16.2. The van der Waals surface area contributed by atoms with E-state index in [9.17, 15) is 9.59 Å². The minimum Gasteiger partial charge on any atom is -0.324 e. The summed E-state index contributed by atoms with van der Waals surface area (Å²) >= 11 is 0. The molecule has 2 rings (SSSR count). The first-order chi connectivity index (χ1) is 12.2. The van der Waals surface area contributed by atoms with Gasteiger partial charge in [0.05, 0.1) is 0 Å². The molecule has 4 nitrogen and oxygen atoms in total. The SMILES string of the molecule is CC(=O)N(CC(=O)Nc1c(C)cccc1C(C)C)c1cc(C)ccc1C. The molecule has 0 spiro atoms. The third-order valence-corrected chi connectivity index (χ3v) is 4.53. The number of rotatable bonds is 5. The Morgan fingerprint density at radius 3 is 2.35 bits per heavy atom. The molecule has 2 amide bonds. The van der Waals surface area contributed by atoms with Crippen molar-refractivity contribution in [3.8, 4) is 0 Å². The molecule has 2 aromatic rings. The average molecular weight is 352 g/mol. The van der Waals surface area contributed by atoms with E-state index in [0.29, 0.717) is 5.92 Å². The average Bonchev–Trinajstić information content (AvgIpc) is 2.56. The first-order valence-corrected chi connectivity index (χ1v) is 8.95. The van der Waals surface area contributed by atoms with Crippen molar-refractivity contribution in [1.29, 1.82) is 0 Å². The van der Waals surface area contributed by atoms with E-state index >= 15 is 0 Å². The van der Waals surface area contributed by atoms with Crippen molar-refractivity contribution in [1.82, 2.24) is 0 Å². The Labute approximate surface area is 156 Å². The Balaban J connectivity index is 2.28. The van der Waals surface area contributed by atoms with Gasteiger partial charge in [0.2, 0.25) is 11.8 Å². The summed E-state index contributed by atoms with van der Waals surface area (Å²) in [5.74, 6) is -0.0480. The largest absolute Gasteiger partial charge is 0.324 e. The van der Waals surface area contributed by atoms with Crippen LogP contribution >= 0.6 is 0 Å². The number of nitrogens with one attached hydrogen (secondary N) is 1. The maximum atomic E-state index is 12.7. The molecule has 0 unspecified atom stereocenters. The highest BCUT2D eigenvalue weighted by Gasteiger charge is 2.19. The number of benzene rings is 2. The monoisotopic (exact) mass is 352 g/mol. The van der Waals surface area contributed by atoms with E-state index < -0.39 is 0 Å². The number of hydrogen-bond acceptors (Lipinski definition) is 2. The molecule has 0 radical (unpaired) electrons. The standard InChI is InChI=1S/C22H28N2O2/c1-14(2)19-9-7-8-17(5)22(19)23-21(26)13-24(18(6)25)20-12-15(3)10-11-16(20)4/h7-12,14H,13H2,1-6H3,(H,23,26). The fourth-order valence-corrected chi connectivity index (χ4v) is 3.04. The summed E-state index contributed by atoms with van der Waals surface area (Å²) in [6, 6.07) is 11.9. The summed E-state index contributed by atoms with van der Waals surface area (Å²) in [7, 11) is 0. The Kier molecular flexibility index (Phi) is 6.19. The normalized spacial score (nSPS) is 10.7. The van der Waals surface area contributed by atoms with Crippen molar-refractivity contribution < 1.29 is 9.59 Å². The van der Waals surface area contributed by atoms with Crippen LogP contribution in [0, 0.1) is 20.8 Å². The van der Waals surface area contributed by atoms with E-state index in [1.54, 1.807) is 0 Å². The Morgan fingerprint density at radius 1 is 1.04 bits per heavy atom. The molecule has 0 aromatic heterocycles. The molecule has 0 aliphatic heterocycles. The van der Waals surface area contributed by atoms with Crippen LogP contribution in [0.25, 0.3) is 0 Å². The molecule has 0 saturated carbocycles. The number of carbonyl (C=O) groups excluding carboxylic acids is 2. The zero-order chi connectivity index (χ0) is 19.4. The smallest absolute Gasteiger partial charge is 0.244 e. The van der Waals surface area contributed by atoms with Crippen LogP contribution in [0.15, 0.2) is 36.4 Å². The fourth-order valence-electron chi connectivity index (χ4n) is 3.04. The Hall–Kier alpha value is -2.62. The highest BCUT2D eigenvalue weighted by Crippen LogP contribution is 2.28. The molecule has 0 aliphatic rings. The number of para-hydroxylation sites is 1. The van der Waals surface area contributed by atoms with Crippen LogP contribution in [0.5, 0.6) is 0 Å². The van der Waals surface area contributed by atoms with Gasteiger partial charge in [-0.3, -0.25) is 9.59 Å². The van der Waals surface area contributed by atoms with Gasteiger partial charge in [-0.2, -0.15) is 0 Å². The van der Waals surface area contributed by atoms with Crippen LogP contribution in [0.2, 0.25) is 0 Å². The van der Waals surface area contributed by atoms with Gasteiger partial charge in [-0.25, -0.2) is 0 Å². The van der Waals surface area contributed by atoms with Crippen molar-refractivity contribution in [2.24, 2.45) is 0 Å². The third kappa shape index (κ3) is 4.51. The molecule has 0 bridgehead atoms. The number of hydrogen-bond donors (Lipinski definition) is 1. The second-order valence-corrected chi connectivity index (χ2v) is 7.14. The van der Waals surface area contributed by atoms with Crippen LogP contribution in [0.3, 0.4) is 0 Å². The van der Waals surface area contributed by atoms with Crippen LogP contribution in [-0.2, 0) is 9.59 Å². The molecular weight excluding hydrogens is 324 g/mol. The van der Waals surface area contributed by atoms with E-state index in [0.717, 1.165) is 33.6 Å². The summed E-state index contributed by atoms with van der Waals surface area (Å²) < 4.78 is 0. The first kappa shape index (κ1) is 19.7. The lowest BCUT2D eigenvalue weighted by Crippen LogP contribution is -2.37. The maximum Gasteiger partial charge on any atom is 0.244 e. The van der Waals surface area contributed by atoms with Crippen molar-refractivity contribution in [3.63, 3.8) is 0 Å². The summed E-state index contributed by atoms with van der Waals surface area (Å²) in [4.78, 5) is 26.4. The topological polar surface area (TPSA) is 49.4 Å². The second kappa shape index (κ2) is 8.17. The highest BCUT2D eigenvalue weighted by molar-refractivity contribution is 6.02. The molecule has 138 valence electrons. The fraction of sp³-hybridized carbons (Fsp3) is 0.364. The van der Waals surface area contributed by atoms with E-state index in [2.05, 4.69) is 19.2 Å². The molecule has 4 heteroatoms. The second-order valence-electron chi connectivity index (χ2n) is 7.14. The number of amides is 2. The number of anilines is 2. The van der Waals surface area contributed by atoms with Crippen LogP contribution in [0.4, 0.5) is 11.4 Å². The minimum absolute atomic E-state index is 0.00844. The predicted molar refractivity (Wildman–Crippen MR) is 108 cm³/mol. The third-order valence-electron chi connectivity index (χ3n) is 4.53. The lowest BCUT2D eigenvalue weighted by molar-refractivity contribution is -0.120. The van der Waals surface area contributed by atoms with Gasteiger partial charge in [0.25, 0.3) is 0 Å². The van der Waals surface area contributed by atoms with Crippen molar-refractivity contribution in [3.05, 3.63) is 58.7 Å². The molecule has 0 atom stereocenters. The Bertz CT molecular complexity index is 825. The van der Waals surface area contributed by atoms with E-state index in [1.807, 2.05) is 57.2 Å². The Morgan fingerprint density at radius 2 is 1.73 bits per heavy atom. The van der Waals surface area contributed by atoms with Gasteiger partial charge in [-0.05, 0) is 55.0 Å². The molecule has 1 N–H and O–H groups in total. The van der Waals surface area contributed by atoms with Gasteiger partial charge in [0.1, 0.15) is 6.54 Å². The lowest BCUT2D eigenvalue weighted by Gasteiger charge is -2.24. The van der Waals surface area contributed by atoms with Crippen LogP contribution in [0.1, 0.15) is 48.9 Å². The van der Waals surface area contributed by atoms with Gasteiger partial charge >= 0.3 is 0 Å². The van der Waals surface area contributed by atoms with Gasteiger partial charge in [-0.15, -0.1) is 0 Å². The summed E-state index contributed by atoms with van der Waals surface area (Å²) in [6.45, 7) is 11.6. The van der Waals surface area contributed by atoms with Crippen molar-refractivity contribution in [2.75, 3.05) is 16.8 Å². The predicted octanol–water partition coefficient (Wildman–Crippen LogP) is 4.73. The zero-order valence-electron chi connectivity index (χ0n) is 16.5. The molecule has 0 heterocycles. The van der Waals surface area contributed by atoms with Gasteiger partial charge < -0.3 is 10.2 Å². The van der Waals surface area contributed by atoms with Crippen molar-refractivity contribution >= 4 is 23.2 Å². The van der Waals surface area contributed by atoms with E-state index in [-0.39, 0.29) is 18.4 Å². The summed E-state index contributed by atoms with van der Waals surface area (Å²) in [5.41, 5.74) is 5.76. The molecule has 0 aliphatic carbocycles. The number of carbonyl (C=O) groups is 2. The van der Waals surface area contributed by atoms with Crippen molar-refractivity contribution in [2.45, 2.75) is 47.5 Å². The molecular formula is C22H28N2O2. The minimum atomic E-state index is -0.197. The maximum absolute atomic E-state index is 12.7. The molecule has 0 fully saturated rings. The summed E-state index contributed by atoms with van der Waals surface area (Å²) in [6.07, 6.45) is 0. The number of aryl methyl sites for hydroxylation is 3. The summed E-state index contributed by atoms with van der Waals surface area (Å²) in [5, 5.41) is 3.02. The molecule has 26 heavy (non-hydrogen) atoms. The first-order valence-electron chi connectivity index (χ1n) is 8.95. The molecule has 0 saturated heterocycles. The van der Waals surface area contributed by atoms with Crippen LogP contribution in [-0.4, -0.2) is 18.4 Å². The van der Waals surface area contributed by atoms with E-state index in [4.69, 9.17) is 0 Å². The number of nitrogens with zero attached hydrogens (tertiary/aromatic N) is 1. The van der Waals surface area contributed by atoms with Gasteiger partial charge in [0, 0.05) is 18.3 Å². The van der Waals surface area contributed by atoms with Gasteiger partial charge in [-0.1, -0.05) is 44.2 Å². The van der Waals surface area contributed by atoms with Gasteiger partial charge in [0.15, 0.2) is 0 Å². The van der Waals surface area contributed by atoms with E-state index in [1.165, 1.54) is 11.8 Å². The molecule has 2 aromatic carbocycles. The zero-order valence-corrected chi connectivity index (χ0v) is 16.5. The quantitative estimate of drug-likeness (QED) is 0.846. The lowest BCUT2D eigenvalue weighted by atomic mass is 9.98.